The lowest BCUT2D eigenvalue weighted by atomic mass is 9.92. The number of amides is 1. The van der Waals surface area contributed by atoms with Gasteiger partial charge in [0.1, 0.15) is 0 Å². The second kappa shape index (κ2) is 3.63. The molecule has 0 heterocycles. The normalized spacial score (nSPS) is 24.8. The third kappa shape index (κ3) is 2.07. The molecule has 0 spiro atoms. The number of rotatable bonds is 4. The summed E-state index contributed by atoms with van der Waals surface area (Å²) in [6, 6.07) is 0. The summed E-state index contributed by atoms with van der Waals surface area (Å²) >= 11 is 0. The molecule has 0 aromatic rings. The highest BCUT2D eigenvalue weighted by atomic mass is 16.3. The van der Waals surface area contributed by atoms with Crippen molar-refractivity contribution in [2.75, 3.05) is 13.1 Å². The Morgan fingerprint density at radius 2 is 1.93 bits per heavy atom. The second-order valence-corrected chi connectivity index (χ2v) is 4.80. The number of carbonyl (C=O) groups is 1. The number of nitrogens with zero attached hydrogens (tertiary/aromatic N) is 1. The summed E-state index contributed by atoms with van der Waals surface area (Å²) in [6.07, 6.45) is 1.87. The third-order valence-electron chi connectivity index (χ3n) is 3.06. The zero-order valence-corrected chi connectivity index (χ0v) is 10.3. The first-order chi connectivity index (χ1) is 6.77. The Kier molecular flexibility index (Phi) is 2.97. The quantitative estimate of drug-likeness (QED) is 0.717. The summed E-state index contributed by atoms with van der Waals surface area (Å²) in [7, 11) is 0. The van der Waals surface area contributed by atoms with E-state index in [1.54, 1.807) is 18.7 Å². The molecule has 1 N–H and O–H groups in total. The van der Waals surface area contributed by atoms with Crippen LogP contribution in [0, 0.1) is 5.41 Å². The van der Waals surface area contributed by atoms with E-state index < -0.39 is 11.0 Å². The fourth-order valence-corrected chi connectivity index (χ4v) is 2.08. The first-order valence-electron chi connectivity index (χ1n) is 5.53. The van der Waals surface area contributed by atoms with Gasteiger partial charge in [-0.15, -0.1) is 0 Å². The molecule has 1 amide bonds. The highest BCUT2D eigenvalue weighted by Crippen LogP contribution is 2.50. The summed E-state index contributed by atoms with van der Waals surface area (Å²) in [5.41, 5.74) is -0.575. The molecule has 1 atom stereocenters. The standard InChI is InChI=1S/C12H21NO2/c1-6-13(7-2)10(14)12(5)8-9(12)11(3,4)15/h8,15H,6-7H2,1-5H3. The monoisotopic (exact) mass is 211 g/mol. The van der Waals surface area contributed by atoms with Crippen LogP contribution < -0.4 is 0 Å². The Balaban J connectivity index is 2.73. The van der Waals surface area contributed by atoms with Gasteiger partial charge in [0.25, 0.3) is 0 Å². The molecule has 0 fully saturated rings. The fraction of sp³-hybridized carbons (Fsp3) is 0.750. The van der Waals surface area contributed by atoms with E-state index in [1.165, 1.54) is 0 Å². The third-order valence-corrected chi connectivity index (χ3v) is 3.06. The van der Waals surface area contributed by atoms with Crippen molar-refractivity contribution >= 4 is 5.91 Å². The lowest BCUT2D eigenvalue weighted by molar-refractivity contribution is -0.135. The maximum absolute atomic E-state index is 12.1. The van der Waals surface area contributed by atoms with Crippen molar-refractivity contribution in [3.63, 3.8) is 0 Å². The van der Waals surface area contributed by atoms with Crippen molar-refractivity contribution in [2.45, 2.75) is 40.2 Å². The second-order valence-electron chi connectivity index (χ2n) is 4.80. The molecule has 1 aliphatic carbocycles. The van der Waals surface area contributed by atoms with E-state index in [2.05, 4.69) is 0 Å². The highest BCUT2D eigenvalue weighted by Gasteiger charge is 2.53. The zero-order chi connectivity index (χ0) is 11.9. The minimum absolute atomic E-state index is 0.102. The lowest BCUT2D eigenvalue weighted by Gasteiger charge is -2.26. The van der Waals surface area contributed by atoms with Gasteiger partial charge in [-0.25, -0.2) is 0 Å². The van der Waals surface area contributed by atoms with Gasteiger partial charge in [-0.1, -0.05) is 6.08 Å². The van der Waals surface area contributed by atoms with Crippen LogP contribution in [0.5, 0.6) is 0 Å². The van der Waals surface area contributed by atoms with Gasteiger partial charge in [-0.2, -0.15) is 0 Å². The van der Waals surface area contributed by atoms with Crippen LogP contribution in [0.2, 0.25) is 0 Å². The van der Waals surface area contributed by atoms with Gasteiger partial charge in [0.15, 0.2) is 0 Å². The number of aliphatic hydroxyl groups is 1. The average molecular weight is 211 g/mol. The molecule has 0 saturated carbocycles. The van der Waals surface area contributed by atoms with Crippen molar-refractivity contribution in [1.82, 2.24) is 4.90 Å². The van der Waals surface area contributed by atoms with E-state index in [-0.39, 0.29) is 5.91 Å². The first kappa shape index (κ1) is 12.2. The Bertz CT molecular complexity index is 297. The van der Waals surface area contributed by atoms with Crippen LogP contribution in [0.25, 0.3) is 0 Å². The van der Waals surface area contributed by atoms with E-state index in [4.69, 9.17) is 0 Å². The Hall–Kier alpha value is -0.830. The van der Waals surface area contributed by atoms with Crippen molar-refractivity contribution in [3.05, 3.63) is 11.6 Å². The van der Waals surface area contributed by atoms with E-state index in [9.17, 15) is 9.90 Å². The lowest BCUT2D eigenvalue weighted by Crippen LogP contribution is -2.39. The van der Waals surface area contributed by atoms with Gasteiger partial charge in [0, 0.05) is 13.1 Å². The van der Waals surface area contributed by atoms with Crippen LogP contribution in [-0.2, 0) is 4.79 Å². The van der Waals surface area contributed by atoms with E-state index in [0.29, 0.717) is 0 Å². The summed E-state index contributed by atoms with van der Waals surface area (Å²) in [4.78, 5) is 13.9. The maximum atomic E-state index is 12.1. The van der Waals surface area contributed by atoms with Crippen LogP contribution in [0.4, 0.5) is 0 Å². The summed E-state index contributed by atoms with van der Waals surface area (Å²) in [5, 5.41) is 9.83. The predicted octanol–water partition coefficient (Wildman–Crippen LogP) is 1.57. The van der Waals surface area contributed by atoms with Crippen molar-refractivity contribution < 1.29 is 9.90 Å². The molecular formula is C12H21NO2. The van der Waals surface area contributed by atoms with Crippen molar-refractivity contribution in [2.24, 2.45) is 5.41 Å². The minimum Gasteiger partial charge on any atom is -0.386 e. The van der Waals surface area contributed by atoms with E-state index in [0.717, 1.165) is 18.7 Å². The van der Waals surface area contributed by atoms with Gasteiger partial charge < -0.3 is 10.0 Å². The molecule has 0 aliphatic heterocycles. The van der Waals surface area contributed by atoms with Crippen LogP contribution >= 0.6 is 0 Å². The topological polar surface area (TPSA) is 40.5 Å². The van der Waals surface area contributed by atoms with Crippen LogP contribution in [0.1, 0.15) is 34.6 Å². The molecule has 0 radical (unpaired) electrons. The van der Waals surface area contributed by atoms with E-state index in [1.807, 2.05) is 26.8 Å². The molecule has 0 bridgehead atoms. The van der Waals surface area contributed by atoms with Gasteiger partial charge in [-0.05, 0) is 40.2 Å². The van der Waals surface area contributed by atoms with E-state index >= 15 is 0 Å². The van der Waals surface area contributed by atoms with Gasteiger partial charge in [0.2, 0.25) is 5.91 Å². The first-order valence-corrected chi connectivity index (χ1v) is 5.53. The summed E-state index contributed by atoms with van der Waals surface area (Å²) in [5.74, 6) is 0.102. The SMILES string of the molecule is CCN(CC)C(=O)C1(C)C=C1C(C)(C)O. The molecule has 3 heteroatoms. The Labute approximate surface area is 91.8 Å². The minimum atomic E-state index is -0.877. The van der Waals surface area contributed by atoms with Gasteiger partial charge in [-0.3, -0.25) is 4.79 Å². The van der Waals surface area contributed by atoms with Crippen LogP contribution in [-0.4, -0.2) is 34.6 Å². The molecule has 1 aliphatic rings. The number of carbonyl (C=O) groups excluding carboxylic acids is 1. The summed E-state index contributed by atoms with van der Waals surface area (Å²) in [6.45, 7) is 10.7. The molecule has 0 aromatic heterocycles. The number of hydrogen-bond donors (Lipinski definition) is 1. The van der Waals surface area contributed by atoms with Gasteiger partial charge in [0.05, 0.1) is 11.0 Å². The fourth-order valence-electron chi connectivity index (χ4n) is 2.08. The molecule has 1 unspecified atom stereocenters. The molecule has 1 rings (SSSR count). The molecule has 0 saturated heterocycles. The largest absolute Gasteiger partial charge is 0.386 e. The molecule has 86 valence electrons. The van der Waals surface area contributed by atoms with Crippen molar-refractivity contribution in [1.29, 1.82) is 0 Å². The van der Waals surface area contributed by atoms with Crippen LogP contribution in [0.3, 0.4) is 0 Å². The summed E-state index contributed by atoms with van der Waals surface area (Å²) < 4.78 is 0. The predicted molar refractivity (Wildman–Crippen MR) is 60.4 cm³/mol. The smallest absolute Gasteiger partial charge is 0.236 e. The molecule has 0 aromatic carbocycles. The Morgan fingerprint density at radius 1 is 1.47 bits per heavy atom. The van der Waals surface area contributed by atoms with Crippen LogP contribution in [0.15, 0.2) is 11.6 Å². The molecule has 3 nitrogen and oxygen atoms in total. The zero-order valence-electron chi connectivity index (χ0n) is 10.3. The van der Waals surface area contributed by atoms with Gasteiger partial charge >= 0.3 is 0 Å². The number of hydrogen-bond acceptors (Lipinski definition) is 2. The average Bonchev–Trinajstić information content (AvgIpc) is 2.81. The highest BCUT2D eigenvalue weighted by molar-refractivity contribution is 5.93. The molecule has 15 heavy (non-hydrogen) atoms. The van der Waals surface area contributed by atoms with Crippen molar-refractivity contribution in [3.8, 4) is 0 Å². The maximum Gasteiger partial charge on any atom is 0.236 e. The molecular weight excluding hydrogens is 190 g/mol. The Morgan fingerprint density at radius 3 is 2.20 bits per heavy atom.